The highest BCUT2D eigenvalue weighted by Crippen LogP contribution is 2.47. The number of fused-ring (bicyclic) bond motifs is 2. The lowest BCUT2D eigenvalue weighted by Crippen LogP contribution is -2.41. The van der Waals surface area contributed by atoms with Crippen molar-refractivity contribution in [2.24, 2.45) is 5.92 Å². The van der Waals surface area contributed by atoms with Crippen LogP contribution >= 0.6 is 0 Å². The maximum absolute atomic E-state index is 5.55. The van der Waals surface area contributed by atoms with Crippen LogP contribution in [0.1, 0.15) is 42.8 Å². The number of nitrogens with one attached hydrogen (secondary N) is 2. The summed E-state index contributed by atoms with van der Waals surface area (Å²) in [5, 5.41) is 3.66. The molecule has 2 fully saturated rings. The minimum absolute atomic E-state index is 0.190. The highest BCUT2D eigenvalue weighted by atomic mass is 16.5. The molecule has 30 heavy (non-hydrogen) atoms. The minimum Gasteiger partial charge on any atom is -0.381 e. The molecule has 1 atom stereocenters. The number of piperidine rings is 1. The van der Waals surface area contributed by atoms with Gasteiger partial charge in [0, 0.05) is 56.5 Å². The van der Waals surface area contributed by atoms with E-state index >= 15 is 0 Å². The second-order valence-corrected chi connectivity index (χ2v) is 9.30. The number of likely N-dealkylation sites (tertiary alicyclic amines) is 1. The second-order valence-electron chi connectivity index (χ2n) is 9.30. The Kier molecular flexibility index (Phi) is 5.37. The van der Waals surface area contributed by atoms with Gasteiger partial charge in [-0.15, -0.1) is 0 Å². The molecule has 0 radical (unpaired) electrons. The third-order valence-electron chi connectivity index (χ3n) is 7.07. The number of imidazole rings is 1. The maximum atomic E-state index is 5.55. The number of ether oxygens (including phenoxy) is 1. The van der Waals surface area contributed by atoms with Crippen LogP contribution in [0.3, 0.4) is 0 Å². The Bertz CT molecular complexity index is 853. The van der Waals surface area contributed by atoms with Crippen molar-refractivity contribution in [1.82, 2.24) is 24.8 Å². The zero-order chi connectivity index (χ0) is 20.6. The van der Waals surface area contributed by atoms with Crippen molar-refractivity contribution in [3.8, 4) is 0 Å². The SMILES string of the molecule is CN(C)c1nc(NCC2CCOC2)c2c(n1)C1(CC2)CCN(Cc2ncc[nH]2)CC1. The first-order valence-corrected chi connectivity index (χ1v) is 11.2. The van der Waals surface area contributed by atoms with Crippen LogP contribution in [-0.4, -0.2) is 71.8 Å². The van der Waals surface area contributed by atoms with E-state index in [9.17, 15) is 0 Å². The van der Waals surface area contributed by atoms with E-state index < -0.39 is 0 Å². The quantitative estimate of drug-likeness (QED) is 0.754. The molecule has 0 amide bonds. The van der Waals surface area contributed by atoms with Crippen molar-refractivity contribution in [2.45, 2.75) is 44.1 Å². The Hall–Kier alpha value is -2.19. The van der Waals surface area contributed by atoms with Crippen LogP contribution in [0.15, 0.2) is 12.4 Å². The van der Waals surface area contributed by atoms with E-state index in [1.165, 1.54) is 17.7 Å². The molecule has 3 aliphatic rings. The Balaban J connectivity index is 1.35. The van der Waals surface area contributed by atoms with Crippen LogP contribution in [0.5, 0.6) is 0 Å². The summed E-state index contributed by atoms with van der Waals surface area (Å²) in [4.78, 5) is 22.1. The number of H-pyrrole nitrogens is 1. The predicted molar refractivity (Wildman–Crippen MR) is 117 cm³/mol. The number of anilines is 2. The van der Waals surface area contributed by atoms with Crippen LogP contribution in [0, 0.1) is 5.92 Å². The molecule has 1 unspecified atom stereocenters. The molecule has 0 saturated carbocycles. The summed E-state index contributed by atoms with van der Waals surface area (Å²) < 4.78 is 5.55. The molecular formula is C22H33N7O. The van der Waals surface area contributed by atoms with Crippen LogP contribution in [-0.2, 0) is 23.1 Å². The smallest absolute Gasteiger partial charge is 0.227 e. The number of aromatic amines is 1. The number of hydrogen-bond donors (Lipinski definition) is 2. The number of hydrogen-bond acceptors (Lipinski definition) is 7. The molecule has 2 saturated heterocycles. The lowest BCUT2D eigenvalue weighted by atomic mass is 9.76. The van der Waals surface area contributed by atoms with E-state index in [0.717, 1.165) is 82.7 Å². The van der Waals surface area contributed by atoms with Gasteiger partial charge in [-0.05, 0) is 45.2 Å². The molecule has 162 valence electrons. The molecule has 8 heteroatoms. The van der Waals surface area contributed by atoms with Crippen LogP contribution in [0.4, 0.5) is 11.8 Å². The Labute approximate surface area is 178 Å². The molecular weight excluding hydrogens is 378 g/mol. The molecule has 1 aliphatic carbocycles. The molecule has 1 spiro atoms. The first kappa shape index (κ1) is 19.8. The maximum Gasteiger partial charge on any atom is 0.227 e. The van der Waals surface area contributed by atoms with Crippen molar-refractivity contribution >= 4 is 11.8 Å². The third kappa shape index (κ3) is 3.78. The average molecular weight is 412 g/mol. The lowest BCUT2D eigenvalue weighted by molar-refractivity contribution is 0.147. The van der Waals surface area contributed by atoms with Crippen molar-refractivity contribution in [3.05, 3.63) is 29.5 Å². The molecule has 4 heterocycles. The highest BCUT2D eigenvalue weighted by Gasteiger charge is 2.44. The molecule has 8 nitrogen and oxygen atoms in total. The minimum atomic E-state index is 0.190. The fourth-order valence-corrected chi connectivity index (χ4v) is 5.18. The monoisotopic (exact) mass is 411 g/mol. The standard InChI is InChI=1S/C22H33N7O/c1-28(2)21-26-19-17(20(27-21)25-13-16-4-12-30-15-16)3-5-22(19)6-10-29(11-7-22)14-18-23-8-9-24-18/h8-9,16H,3-7,10-15H2,1-2H3,(H,23,24)(H,25,26,27). The van der Waals surface area contributed by atoms with E-state index in [4.69, 9.17) is 14.7 Å². The summed E-state index contributed by atoms with van der Waals surface area (Å²) in [5.74, 6) is 3.50. The largest absolute Gasteiger partial charge is 0.381 e. The van der Waals surface area contributed by atoms with Gasteiger partial charge in [0.05, 0.1) is 18.8 Å². The van der Waals surface area contributed by atoms with Gasteiger partial charge in [-0.1, -0.05) is 0 Å². The summed E-state index contributed by atoms with van der Waals surface area (Å²) in [6.07, 6.45) is 9.44. The normalized spacial score (nSPS) is 23.1. The second kappa shape index (κ2) is 8.15. The van der Waals surface area contributed by atoms with Crippen LogP contribution in [0.25, 0.3) is 0 Å². The van der Waals surface area contributed by atoms with E-state index in [-0.39, 0.29) is 5.41 Å². The molecule has 2 N–H and O–H groups in total. The van der Waals surface area contributed by atoms with Gasteiger partial charge in [-0.3, -0.25) is 4.90 Å². The van der Waals surface area contributed by atoms with Gasteiger partial charge in [0.15, 0.2) is 0 Å². The van der Waals surface area contributed by atoms with Gasteiger partial charge >= 0.3 is 0 Å². The Morgan fingerprint density at radius 3 is 2.83 bits per heavy atom. The Morgan fingerprint density at radius 2 is 2.13 bits per heavy atom. The van der Waals surface area contributed by atoms with Gasteiger partial charge < -0.3 is 19.9 Å². The molecule has 2 aliphatic heterocycles. The summed E-state index contributed by atoms with van der Waals surface area (Å²) in [6.45, 7) is 5.75. The zero-order valence-electron chi connectivity index (χ0n) is 18.2. The van der Waals surface area contributed by atoms with Crippen molar-refractivity contribution < 1.29 is 4.74 Å². The summed E-state index contributed by atoms with van der Waals surface area (Å²) in [7, 11) is 4.06. The van der Waals surface area contributed by atoms with Gasteiger partial charge in [0.25, 0.3) is 0 Å². The first-order chi connectivity index (χ1) is 14.6. The van der Waals surface area contributed by atoms with Crippen molar-refractivity contribution in [1.29, 1.82) is 0 Å². The molecule has 0 bridgehead atoms. The molecule has 5 rings (SSSR count). The number of nitrogens with zero attached hydrogens (tertiary/aromatic N) is 5. The topological polar surface area (TPSA) is 82.2 Å². The average Bonchev–Trinajstić information content (AvgIpc) is 3.51. The van der Waals surface area contributed by atoms with E-state index in [2.05, 4.69) is 20.2 Å². The summed E-state index contributed by atoms with van der Waals surface area (Å²) >= 11 is 0. The van der Waals surface area contributed by atoms with Crippen molar-refractivity contribution in [2.75, 3.05) is 57.2 Å². The molecule has 2 aromatic rings. The van der Waals surface area contributed by atoms with E-state index in [1.807, 2.05) is 31.4 Å². The van der Waals surface area contributed by atoms with Gasteiger partial charge in [0.2, 0.25) is 5.95 Å². The predicted octanol–water partition coefficient (Wildman–Crippen LogP) is 2.19. The van der Waals surface area contributed by atoms with Gasteiger partial charge in [-0.2, -0.15) is 4.98 Å². The van der Waals surface area contributed by atoms with Crippen molar-refractivity contribution in [3.63, 3.8) is 0 Å². The highest BCUT2D eigenvalue weighted by molar-refractivity contribution is 5.55. The molecule has 0 aromatic carbocycles. The van der Waals surface area contributed by atoms with Crippen LogP contribution in [0.2, 0.25) is 0 Å². The lowest BCUT2D eigenvalue weighted by Gasteiger charge is -2.39. The number of aromatic nitrogens is 4. The Morgan fingerprint density at radius 1 is 1.27 bits per heavy atom. The first-order valence-electron chi connectivity index (χ1n) is 11.2. The third-order valence-corrected chi connectivity index (χ3v) is 7.07. The molecule has 2 aromatic heterocycles. The van der Waals surface area contributed by atoms with Crippen LogP contribution < -0.4 is 10.2 Å². The number of rotatable bonds is 6. The fraction of sp³-hybridized carbons (Fsp3) is 0.682. The van der Waals surface area contributed by atoms with Gasteiger partial charge in [0.1, 0.15) is 11.6 Å². The summed E-state index contributed by atoms with van der Waals surface area (Å²) in [5.41, 5.74) is 2.83. The zero-order valence-corrected chi connectivity index (χ0v) is 18.2. The summed E-state index contributed by atoms with van der Waals surface area (Å²) in [6, 6.07) is 0. The van der Waals surface area contributed by atoms with E-state index in [0.29, 0.717) is 5.92 Å². The van der Waals surface area contributed by atoms with E-state index in [1.54, 1.807) is 0 Å². The fourth-order valence-electron chi connectivity index (χ4n) is 5.18. The van der Waals surface area contributed by atoms with Gasteiger partial charge in [-0.25, -0.2) is 9.97 Å².